The van der Waals surface area contributed by atoms with Crippen molar-refractivity contribution in [2.24, 2.45) is 0 Å². The minimum atomic E-state index is -0.216. The van der Waals surface area contributed by atoms with E-state index in [9.17, 15) is 4.39 Å². The van der Waals surface area contributed by atoms with Gasteiger partial charge in [-0.05, 0) is 54.4 Å². The van der Waals surface area contributed by atoms with Gasteiger partial charge in [0, 0.05) is 24.6 Å². The summed E-state index contributed by atoms with van der Waals surface area (Å²) in [7, 11) is 0. The first-order valence-corrected chi connectivity index (χ1v) is 6.81. The van der Waals surface area contributed by atoms with Crippen molar-refractivity contribution < 1.29 is 4.39 Å². The molecule has 0 spiro atoms. The highest BCUT2D eigenvalue weighted by atomic mass is 19.1. The molecule has 0 aliphatic heterocycles. The van der Waals surface area contributed by atoms with Crippen LogP contribution in [0.25, 0.3) is 5.69 Å². The Hall–Kier alpha value is -2.62. The van der Waals surface area contributed by atoms with Gasteiger partial charge in [0.1, 0.15) is 5.82 Å². The normalized spacial score (nSPS) is 10.6. The summed E-state index contributed by atoms with van der Waals surface area (Å²) in [4.78, 5) is 0. The first kappa shape index (κ1) is 13.4. The van der Waals surface area contributed by atoms with Gasteiger partial charge >= 0.3 is 0 Å². The molecule has 0 aliphatic carbocycles. The first-order valence-electron chi connectivity index (χ1n) is 6.81. The molecular weight excluding hydrogens is 265 g/mol. The van der Waals surface area contributed by atoms with Crippen molar-refractivity contribution in [1.82, 2.24) is 9.78 Å². The summed E-state index contributed by atoms with van der Waals surface area (Å²) in [5.41, 5.74) is 3.85. The van der Waals surface area contributed by atoms with Crippen molar-refractivity contribution in [3.8, 4) is 5.69 Å². The highest BCUT2D eigenvalue weighted by molar-refractivity contribution is 5.47. The number of aryl methyl sites for hydroxylation is 1. The third-order valence-corrected chi connectivity index (χ3v) is 3.24. The number of rotatable bonds is 4. The number of nitrogens with zero attached hydrogens (tertiary/aromatic N) is 2. The molecule has 21 heavy (non-hydrogen) atoms. The summed E-state index contributed by atoms with van der Waals surface area (Å²) >= 11 is 0. The summed E-state index contributed by atoms with van der Waals surface area (Å²) in [6, 6.07) is 15.0. The topological polar surface area (TPSA) is 29.9 Å². The van der Waals surface area contributed by atoms with Crippen LogP contribution in [-0.4, -0.2) is 9.78 Å². The van der Waals surface area contributed by atoms with Gasteiger partial charge in [0.25, 0.3) is 0 Å². The minimum absolute atomic E-state index is 0.216. The van der Waals surface area contributed by atoms with Crippen LogP contribution < -0.4 is 5.32 Å². The monoisotopic (exact) mass is 281 g/mol. The Morgan fingerprint density at radius 1 is 1.14 bits per heavy atom. The zero-order valence-electron chi connectivity index (χ0n) is 11.8. The van der Waals surface area contributed by atoms with Crippen molar-refractivity contribution in [2.45, 2.75) is 13.5 Å². The molecule has 0 aliphatic rings. The standard InChI is InChI=1S/C17H16FN3/c1-13-9-15(18)11-16(10-13)19-12-14-3-5-17(6-4-14)21-8-2-7-20-21/h2-11,19H,12H2,1H3. The smallest absolute Gasteiger partial charge is 0.125 e. The molecule has 3 rings (SSSR count). The Morgan fingerprint density at radius 2 is 1.95 bits per heavy atom. The Kier molecular flexibility index (Phi) is 3.69. The average molecular weight is 281 g/mol. The Labute approximate surface area is 123 Å². The number of nitrogens with one attached hydrogen (secondary N) is 1. The first-order chi connectivity index (χ1) is 10.2. The van der Waals surface area contributed by atoms with Crippen LogP contribution in [0.2, 0.25) is 0 Å². The van der Waals surface area contributed by atoms with Crippen LogP contribution in [-0.2, 0) is 6.54 Å². The molecule has 0 atom stereocenters. The Balaban J connectivity index is 1.68. The lowest BCUT2D eigenvalue weighted by atomic mass is 10.2. The Morgan fingerprint density at radius 3 is 2.62 bits per heavy atom. The van der Waals surface area contributed by atoms with Crippen molar-refractivity contribution in [1.29, 1.82) is 0 Å². The van der Waals surface area contributed by atoms with E-state index < -0.39 is 0 Å². The van der Waals surface area contributed by atoms with E-state index in [1.165, 1.54) is 12.1 Å². The number of halogens is 1. The fraction of sp³-hybridized carbons (Fsp3) is 0.118. The van der Waals surface area contributed by atoms with E-state index in [4.69, 9.17) is 0 Å². The van der Waals surface area contributed by atoms with Crippen LogP contribution in [0, 0.1) is 12.7 Å². The lowest BCUT2D eigenvalue weighted by molar-refractivity contribution is 0.627. The van der Waals surface area contributed by atoms with Crippen molar-refractivity contribution in [3.63, 3.8) is 0 Å². The second kappa shape index (κ2) is 5.79. The predicted molar refractivity (Wildman–Crippen MR) is 82.0 cm³/mol. The number of aromatic nitrogens is 2. The van der Waals surface area contributed by atoms with Gasteiger partial charge in [-0.2, -0.15) is 5.10 Å². The zero-order valence-corrected chi connectivity index (χ0v) is 11.8. The molecule has 0 fully saturated rings. The van der Waals surface area contributed by atoms with Crippen LogP contribution in [0.15, 0.2) is 60.9 Å². The molecule has 3 aromatic rings. The third kappa shape index (κ3) is 3.28. The molecule has 4 heteroatoms. The molecule has 2 aromatic carbocycles. The van der Waals surface area contributed by atoms with Crippen molar-refractivity contribution >= 4 is 5.69 Å². The van der Waals surface area contributed by atoms with Crippen molar-refractivity contribution in [3.05, 3.63) is 77.9 Å². The molecule has 0 radical (unpaired) electrons. The van der Waals surface area contributed by atoms with E-state index >= 15 is 0 Å². The summed E-state index contributed by atoms with van der Waals surface area (Å²) in [5.74, 6) is -0.216. The maximum Gasteiger partial charge on any atom is 0.125 e. The predicted octanol–water partition coefficient (Wildman–Crippen LogP) is 3.93. The zero-order chi connectivity index (χ0) is 14.7. The van der Waals surface area contributed by atoms with E-state index in [0.717, 1.165) is 22.5 Å². The van der Waals surface area contributed by atoms with Crippen LogP contribution in [0.5, 0.6) is 0 Å². The number of hydrogen-bond acceptors (Lipinski definition) is 2. The summed E-state index contributed by atoms with van der Waals surface area (Å²) in [5, 5.41) is 7.42. The van der Waals surface area contributed by atoms with Crippen LogP contribution in [0.3, 0.4) is 0 Å². The van der Waals surface area contributed by atoms with E-state index in [0.29, 0.717) is 6.54 Å². The molecule has 1 N–H and O–H groups in total. The van der Waals surface area contributed by atoms with Crippen LogP contribution in [0.1, 0.15) is 11.1 Å². The molecule has 3 nitrogen and oxygen atoms in total. The van der Waals surface area contributed by atoms with Gasteiger partial charge in [-0.15, -0.1) is 0 Å². The van der Waals surface area contributed by atoms with Gasteiger partial charge < -0.3 is 5.32 Å². The third-order valence-electron chi connectivity index (χ3n) is 3.24. The Bertz CT molecular complexity index is 698. The van der Waals surface area contributed by atoms with Gasteiger partial charge in [-0.1, -0.05) is 12.1 Å². The van der Waals surface area contributed by atoms with E-state index in [2.05, 4.69) is 10.4 Å². The van der Waals surface area contributed by atoms with Crippen molar-refractivity contribution in [2.75, 3.05) is 5.32 Å². The molecule has 0 amide bonds. The number of benzene rings is 2. The van der Waals surface area contributed by atoms with Gasteiger partial charge in [0.05, 0.1) is 5.69 Å². The molecule has 0 bridgehead atoms. The molecule has 1 aromatic heterocycles. The SMILES string of the molecule is Cc1cc(F)cc(NCc2ccc(-n3cccn3)cc2)c1. The molecule has 0 saturated carbocycles. The second-order valence-corrected chi connectivity index (χ2v) is 4.99. The maximum absolute atomic E-state index is 13.3. The van der Waals surface area contributed by atoms with Crippen LogP contribution in [0.4, 0.5) is 10.1 Å². The molecule has 106 valence electrons. The largest absolute Gasteiger partial charge is 0.381 e. The summed E-state index contributed by atoms with van der Waals surface area (Å²) in [6.07, 6.45) is 3.66. The van der Waals surface area contributed by atoms with Gasteiger partial charge in [-0.25, -0.2) is 9.07 Å². The van der Waals surface area contributed by atoms with Crippen LogP contribution >= 0.6 is 0 Å². The molecule has 1 heterocycles. The molecule has 0 unspecified atom stereocenters. The average Bonchev–Trinajstić information content (AvgIpc) is 2.99. The quantitative estimate of drug-likeness (QED) is 0.785. The maximum atomic E-state index is 13.3. The summed E-state index contributed by atoms with van der Waals surface area (Å²) in [6.45, 7) is 2.54. The molecule has 0 saturated heterocycles. The summed E-state index contributed by atoms with van der Waals surface area (Å²) < 4.78 is 15.1. The van der Waals surface area contributed by atoms with E-state index in [1.54, 1.807) is 6.20 Å². The van der Waals surface area contributed by atoms with E-state index in [-0.39, 0.29) is 5.82 Å². The lowest BCUT2D eigenvalue weighted by Crippen LogP contribution is -2.01. The fourth-order valence-corrected chi connectivity index (χ4v) is 2.23. The molecular formula is C17H16FN3. The fourth-order valence-electron chi connectivity index (χ4n) is 2.23. The highest BCUT2D eigenvalue weighted by Gasteiger charge is 2.00. The highest BCUT2D eigenvalue weighted by Crippen LogP contribution is 2.15. The number of hydrogen-bond donors (Lipinski definition) is 1. The minimum Gasteiger partial charge on any atom is -0.381 e. The van der Waals surface area contributed by atoms with E-state index in [1.807, 2.05) is 54.2 Å². The lowest BCUT2D eigenvalue weighted by Gasteiger charge is -2.09. The van der Waals surface area contributed by atoms with Gasteiger partial charge in [0.2, 0.25) is 0 Å². The second-order valence-electron chi connectivity index (χ2n) is 4.99. The van der Waals surface area contributed by atoms with Gasteiger partial charge in [0.15, 0.2) is 0 Å². The number of anilines is 1. The van der Waals surface area contributed by atoms with Gasteiger partial charge in [-0.3, -0.25) is 0 Å².